The topological polar surface area (TPSA) is 48.4 Å². The van der Waals surface area contributed by atoms with Crippen molar-refractivity contribution in [1.82, 2.24) is 14.7 Å². The highest BCUT2D eigenvalue weighted by molar-refractivity contribution is 4.82. The standard InChI is InChI=1S/C23H45N3O3.CH4/c1-19(2)22-5-4-20(3)16-23(22)29-18-21(27)17-26-10-8-24(9-11-26)6-7-25-12-14-28-15-13-25;/h19-23,27H,4-18H2,1-3H3;1H4. The van der Waals surface area contributed by atoms with Gasteiger partial charge in [0.2, 0.25) is 0 Å². The van der Waals surface area contributed by atoms with E-state index in [-0.39, 0.29) is 13.5 Å². The first-order chi connectivity index (χ1) is 14.0. The Labute approximate surface area is 185 Å². The second-order valence-corrected chi connectivity index (χ2v) is 9.95. The molecule has 30 heavy (non-hydrogen) atoms. The van der Waals surface area contributed by atoms with Crippen LogP contribution >= 0.6 is 0 Å². The summed E-state index contributed by atoms with van der Waals surface area (Å²) < 4.78 is 11.7. The van der Waals surface area contributed by atoms with Gasteiger partial charge in [-0.25, -0.2) is 0 Å². The minimum atomic E-state index is -0.375. The average molecular weight is 428 g/mol. The van der Waals surface area contributed by atoms with Crippen LogP contribution in [0.5, 0.6) is 0 Å². The van der Waals surface area contributed by atoms with E-state index in [9.17, 15) is 5.11 Å². The summed E-state index contributed by atoms with van der Waals surface area (Å²) in [5, 5.41) is 10.6. The Morgan fingerprint density at radius 2 is 1.53 bits per heavy atom. The van der Waals surface area contributed by atoms with E-state index in [4.69, 9.17) is 9.47 Å². The third-order valence-corrected chi connectivity index (χ3v) is 7.23. The van der Waals surface area contributed by atoms with E-state index in [0.29, 0.717) is 24.5 Å². The van der Waals surface area contributed by atoms with E-state index < -0.39 is 0 Å². The fourth-order valence-electron chi connectivity index (χ4n) is 5.19. The molecule has 6 heteroatoms. The Balaban J connectivity index is 0.00000320. The van der Waals surface area contributed by atoms with Crippen LogP contribution in [0.2, 0.25) is 0 Å². The van der Waals surface area contributed by atoms with Gasteiger partial charge < -0.3 is 14.6 Å². The summed E-state index contributed by atoms with van der Waals surface area (Å²) in [7, 11) is 0. The zero-order chi connectivity index (χ0) is 20.6. The second kappa shape index (κ2) is 13.3. The predicted molar refractivity (Wildman–Crippen MR) is 124 cm³/mol. The minimum absolute atomic E-state index is 0. The third kappa shape index (κ3) is 8.36. The zero-order valence-electron chi connectivity index (χ0n) is 19.1. The van der Waals surface area contributed by atoms with Crippen LogP contribution in [-0.4, -0.2) is 111 Å². The zero-order valence-corrected chi connectivity index (χ0v) is 19.1. The lowest BCUT2D eigenvalue weighted by Gasteiger charge is -2.39. The highest BCUT2D eigenvalue weighted by atomic mass is 16.5. The molecule has 0 bridgehead atoms. The lowest BCUT2D eigenvalue weighted by atomic mass is 9.75. The molecule has 0 aromatic carbocycles. The van der Waals surface area contributed by atoms with Gasteiger partial charge in [-0.15, -0.1) is 0 Å². The smallest absolute Gasteiger partial charge is 0.0900 e. The molecular formula is C24H49N3O3. The minimum Gasteiger partial charge on any atom is -0.389 e. The van der Waals surface area contributed by atoms with Crippen molar-refractivity contribution in [3.63, 3.8) is 0 Å². The molecule has 2 saturated heterocycles. The van der Waals surface area contributed by atoms with Crippen molar-refractivity contribution in [1.29, 1.82) is 0 Å². The van der Waals surface area contributed by atoms with E-state index in [2.05, 4.69) is 35.5 Å². The first kappa shape index (κ1) is 26.0. The van der Waals surface area contributed by atoms with Crippen molar-refractivity contribution in [3.8, 4) is 0 Å². The summed E-state index contributed by atoms with van der Waals surface area (Å²) in [4.78, 5) is 7.47. The molecule has 2 aliphatic heterocycles. The van der Waals surface area contributed by atoms with Gasteiger partial charge in [0.25, 0.3) is 0 Å². The number of rotatable bonds is 9. The molecule has 0 aromatic heterocycles. The number of β-amino-alcohol motifs (C(OH)–C–C–N with tert-alkyl or cyclic N) is 1. The summed E-state index contributed by atoms with van der Waals surface area (Å²) in [6, 6.07) is 0. The maximum absolute atomic E-state index is 10.6. The number of morpholine rings is 1. The summed E-state index contributed by atoms with van der Waals surface area (Å²) in [5.41, 5.74) is 0. The van der Waals surface area contributed by atoms with E-state index in [0.717, 1.165) is 84.5 Å². The van der Waals surface area contributed by atoms with Crippen molar-refractivity contribution in [2.75, 3.05) is 78.7 Å². The predicted octanol–water partition coefficient (Wildman–Crippen LogP) is 2.41. The molecule has 0 aromatic rings. The maximum atomic E-state index is 10.6. The van der Waals surface area contributed by atoms with Gasteiger partial charge in [0.1, 0.15) is 0 Å². The Hall–Kier alpha value is -0.240. The molecule has 1 saturated carbocycles. The largest absolute Gasteiger partial charge is 0.389 e. The number of hydrogen-bond donors (Lipinski definition) is 1. The van der Waals surface area contributed by atoms with Crippen LogP contribution in [0.1, 0.15) is 47.5 Å². The van der Waals surface area contributed by atoms with Gasteiger partial charge in [0, 0.05) is 58.9 Å². The van der Waals surface area contributed by atoms with Crippen LogP contribution in [0.25, 0.3) is 0 Å². The first-order valence-corrected chi connectivity index (χ1v) is 12.1. The molecular weight excluding hydrogens is 378 g/mol. The van der Waals surface area contributed by atoms with Crippen molar-refractivity contribution in [2.24, 2.45) is 17.8 Å². The Bertz CT molecular complexity index is 451. The SMILES string of the molecule is C.CC1CCC(C(C)C)C(OCC(O)CN2CCN(CCN3CCOCC3)CC2)C1. The highest BCUT2D eigenvalue weighted by Gasteiger charge is 2.32. The molecule has 0 spiro atoms. The van der Waals surface area contributed by atoms with Gasteiger partial charge in [0.15, 0.2) is 0 Å². The Morgan fingerprint density at radius 3 is 2.17 bits per heavy atom. The van der Waals surface area contributed by atoms with Gasteiger partial charge in [-0.1, -0.05) is 34.6 Å². The van der Waals surface area contributed by atoms with Crippen LogP contribution in [0.4, 0.5) is 0 Å². The van der Waals surface area contributed by atoms with Gasteiger partial charge in [0.05, 0.1) is 32.0 Å². The molecule has 178 valence electrons. The van der Waals surface area contributed by atoms with Gasteiger partial charge in [-0.2, -0.15) is 0 Å². The lowest BCUT2D eigenvalue weighted by molar-refractivity contribution is -0.0755. The molecule has 2 heterocycles. The molecule has 6 nitrogen and oxygen atoms in total. The maximum Gasteiger partial charge on any atom is 0.0900 e. The van der Waals surface area contributed by atoms with Gasteiger partial charge in [-0.05, 0) is 30.6 Å². The van der Waals surface area contributed by atoms with Gasteiger partial charge >= 0.3 is 0 Å². The molecule has 3 fully saturated rings. The van der Waals surface area contributed by atoms with Crippen molar-refractivity contribution in [3.05, 3.63) is 0 Å². The van der Waals surface area contributed by atoms with E-state index in [1.807, 2.05) is 0 Å². The number of nitrogens with zero attached hydrogens (tertiary/aromatic N) is 3. The number of aliphatic hydroxyl groups is 1. The second-order valence-electron chi connectivity index (χ2n) is 9.95. The third-order valence-electron chi connectivity index (χ3n) is 7.23. The van der Waals surface area contributed by atoms with Crippen molar-refractivity contribution >= 4 is 0 Å². The van der Waals surface area contributed by atoms with Crippen LogP contribution in [0, 0.1) is 17.8 Å². The summed E-state index contributed by atoms with van der Waals surface area (Å²) in [6.45, 7) is 18.7. The Kier molecular flexibility index (Phi) is 11.6. The summed E-state index contributed by atoms with van der Waals surface area (Å²) in [6.07, 6.45) is 3.69. The van der Waals surface area contributed by atoms with E-state index >= 15 is 0 Å². The first-order valence-electron chi connectivity index (χ1n) is 12.1. The van der Waals surface area contributed by atoms with Crippen LogP contribution in [0.15, 0.2) is 0 Å². The number of hydrogen-bond acceptors (Lipinski definition) is 6. The molecule has 0 radical (unpaired) electrons. The summed E-state index contributed by atoms with van der Waals surface area (Å²) in [5.74, 6) is 2.06. The van der Waals surface area contributed by atoms with Gasteiger partial charge in [-0.3, -0.25) is 14.7 Å². The molecule has 0 amide bonds. The summed E-state index contributed by atoms with van der Waals surface area (Å²) >= 11 is 0. The van der Waals surface area contributed by atoms with E-state index in [1.165, 1.54) is 12.8 Å². The number of aliphatic hydroxyl groups excluding tert-OH is 1. The molecule has 3 rings (SSSR count). The normalized spacial score (nSPS) is 30.9. The lowest BCUT2D eigenvalue weighted by Crippen LogP contribution is -2.51. The molecule has 4 unspecified atom stereocenters. The molecule has 4 atom stereocenters. The Morgan fingerprint density at radius 1 is 0.933 bits per heavy atom. The fraction of sp³-hybridized carbons (Fsp3) is 1.00. The fourth-order valence-corrected chi connectivity index (χ4v) is 5.19. The number of ether oxygens (including phenoxy) is 2. The van der Waals surface area contributed by atoms with E-state index in [1.54, 1.807) is 0 Å². The quantitative estimate of drug-likeness (QED) is 0.610. The number of piperazine rings is 1. The molecule has 1 aliphatic carbocycles. The average Bonchev–Trinajstić information content (AvgIpc) is 2.72. The monoisotopic (exact) mass is 427 g/mol. The van der Waals surface area contributed by atoms with Crippen LogP contribution in [-0.2, 0) is 9.47 Å². The van der Waals surface area contributed by atoms with Crippen LogP contribution in [0.3, 0.4) is 0 Å². The molecule has 1 N–H and O–H groups in total. The highest BCUT2D eigenvalue weighted by Crippen LogP contribution is 2.35. The van der Waals surface area contributed by atoms with Crippen molar-refractivity contribution in [2.45, 2.75) is 59.7 Å². The van der Waals surface area contributed by atoms with Crippen molar-refractivity contribution < 1.29 is 14.6 Å². The molecule has 3 aliphatic rings. The van der Waals surface area contributed by atoms with Crippen LogP contribution < -0.4 is 0 Å².